The zero-order chi connectivity index (χ0) is 87.6. The summed E-state index contributed by atoms with van der Waals surface area (Å²) in [6.07, 6.45) is -10.6. The Labute approximate surface area is 707 Å². The molecule has 6 heterocycles. The van der Waals surface area contributed by atoms with Crippen LogP contribution in [0.4, 0.5) is 0 Å². The molecule has 3 amide bonds. The fourth-order valence-electron chi connectivity index (χ4n) is 16.4. The lowest BCUT2D eigenvalue weighted by molar-refractivity contribution is -0.390. The Morgan fingerprint density at radius 2 is 0.667 bits per heavy atom. The number of rotatable bonds is 60. The van der Waals surface area contributed by atoms with Crippen LogP contribution in [0, 0.1) is 0 Å². The lowest BCUT2D eigenvalue weighted by Crippen LogP contribution is -2.69. The van der Waals surface area contributed by atoms with Gasteiger partial charge in [-0.25, -0.2) is 0 Å². The normalized spacial score (nSPS) is 35.5. The van der Waals surface area contributed by atoms with Gasteiger partial charge in [0.15, 0.2) is 37.7 Å². The molecule has 120 heavy (non-hydrogen) atoms. The summed E-state index contributed by atoms with van der Waals surface area (Å²) in [5, 5.41) is 209. The molecule has 702 valence electrons. The first-order chi connectivity index (χ1) is 57.8. The first kappa shape index (κ1) is 106. The second-order valence-corrected chi connectivity index (χ2v) is 33.5. The summed E-state index contributed by atoms with van der Waals surface area (Å²) in [6, 6.07) is -4.48. The number of allylic oxidation sites excluding steroid dienone is 1. The van der Waals surface area contributed by atoms with Crippen LogP contribution in [0.5, 0.6) is 0 Å². The number of carbonyl (C=O) groups excluding carboxylic acids is 3. The summed E-state index contributed by atoms with van der Waals surface area (Å²) >= 11 is 0. The van der Waals surface area contributed by atoms with Crippen LogP contribution in [0.15, 0.2) is 12.2 Å². The van der Waals surface area contributed by atoms with Crippen molar-refractivity contribution in [2.24, 2.45) is 0 Å². The number of amides is 3. The van der Waals surface area contributed by atoms with Crippen molar-refractivity contribution in [3.63, 3.8) is 0 Å². The second-order valence-electron chi connectivity index (χ2n) is 33.5. The number of nitrogens with one attached hydrogen (secondary N) is 3. The first-order valence-electron chi connectivity index (χ1n) is 45.0. The molecule has 6 saturated heterocycles. The van der Waals surface area contributed by atoms with E-state index in [1.807, 2.05) is 6.08 Å². The maximum atomic E-state index is 13.7. The average Bonchev–Trinajstić information content (AvgIpc) is 0.760. The third kappa shape index (κ3) is 34.2. The molecule has 12 unspecified atom stereocenters. The summed E-state index contributed by atoms with van der Waals surface area (Å²) in [5.74, 6) is -1.96. The molecule has 0 radical (unpaired) electrons. The van der Waals surface area contributed by atoms with E-state index in [1.54, 1.807) is 6.08 Å². The zero-order valence-electron chi connectivity index (χ0n) is 71.2. The predicted molar refractivity (Wildman–Crippen MR) is 431 cm³/mol. The highest BCUT2D eigenvalue weighted by Gasteiger charge is 2.58. The van der Waals surface area contributed by atoms with Gasteiger partial charge in [-0.15, -0.1) is 0 Å². The van der Waals surface area contributed by atoms with Crippen molar-refractivity contribution in [1.82, 2.24) is 16.0 Å². The maximum Gasteiger partial charge on any atom is 0.220 e. The molecule has 36 heteroatoms. The highest BCUT2D eigenvalue weighted by atomic mass is 16.8. The van der Waals surface area contributed by atoms with Gasteiger partial charge in [0.2, 0.25) is 17.7 Å². The summed E-state index contributed by atoms with van der Waals surface area (Å²) in [6.45, 7) is 0.236. The molecule has 36 nitrogen and oxygen atoms in total. The number of hydrogen-bond acceptors (Lipinski definition) is 33. The van der Waals surface area contributed by atoms with Gasteiger partial charge in [-0.05, 0) is 19.3 Å². The van der Waals surface area contributed by atoms with E-state index in [2.05, 4.69) is 29.8 Å². The predicted octanol–water partition coefficient (Wildman–Crippen LogP) is 0.697. The highest BCUT2D eigenvalue weighted by molar-refractivity contribution is 5.76. The standard InChI is InChI=1S/C84H153N3O33/c1-5-7-9-11-13-15-17-19-20-21-22-23-24-25-26-27-28-30-32-34-36-38-40-42-60(96)87-52(53(95)41-39-37-35-33-31-29-18-16-14-12-10-8-6-2)48-109-81-72(106)70(104)76(58(47-92)115-81)118-84-74(108)78(120-83-73(107)77(65(99)56(45-90)113-83)119-80-61(85-50(3)93)67(101)63(97)54(43-88)111-80)66(100)59(116-84)49-110-79-62(86-51(4)94)68(102)75(57(46-91)114-79)117-82-71(105)69(103)64(98)55(44-89)112-82/h39,41,52-59,61-84,88-92,95,97-108H,5-38,40,42-49H2,1-4H3,(H,85,93)(H,86,94)(H,87,96)/b41-39+/t52-,53+,54?,55?,56?,57?,58?,59?,61?,62?,63-,64-,65-,66-,67+,68+,69-,70+,71?,72?,73?,74?,75+,76+,77-,78-,79+,80-,81+,82-,83+,84-/m0/s1. The largest absolute Gasteiger partial charge is 0.394 e. The maximum absolute atomic E-state index is 13.7. The van der Waals surface area contributed by atoms with Crippen molar-refractivity contribution < 1.29 is 163 Å². The van der Waals surface area contributed by atoms with Gasteiger partial charge >= 0.3 is 0 Å². The number of unbranched alkanes of at least 4 members (excludes halogenated alkanes) is 33. The Kier molecular flexibility index (Phi) is 51.5. The Morgan fingerprint density at radius 1 is 0.333 bits per heavy atom. The van der Waals surface area contributed by atoms with Crippen LogP contribution in [0.25, 0.3) is 0 Å². The van der Waals surface area contributed by atoms with Crippen LogP contribution < -0.4 is 16.0 Å². The number of ether oxygens (including phenoxy) is 12. The Balaban J connectivity index is 1.14. The molecule has 32 atom stereocenters. The lowest BCUT2D eigenvalue weighted by Gasteiger charge is -2.50. The Hall–Kier alpha value is -3.05. The van der Waals surface area contributed by atoms with Crippen LogP contribution in [-0.2, 0) is 71.2 Å². The molecule has 0 aromatic carbocycles. The van der Waals surface area contributed by atoms with E-state index >= 15 is 0 Å². The van der Waals surface area contributed by atoms with Crippen LogP contribution in [0.2, 0.25) is 0 Å². The van der Waals surface area contributed by atoms with Crippen molar-refractivity contribution in [1.29, 1.82) is 0 Å². The molecule has 0 aromatic heterocycles. The summed E-state index contributed by atoms with van der Waals surface area (Å²) in [7, 11) is 0. The van der Waals surface area contributed by atoms with E-state index in [9.17, 15) is 106 Å². The third-order valence-electron chi connectivity index (χ3n) is 23.7. The van der Waals surface area contributed by atoms with Gasteiger partial charge in [-0.2, -0.15) is 0 Å². The van der Waals surface area contributed by atoms with E-state index in [-0.39, 0.29) is 12.3 Å². The highest BCUT2D eigenvalue weighted by Crippen LogP contribution is 2.38. The molecule has 0 bridgehead atoms. The third-order valence-corrected chi connectivity index (χ3v) is 23.7. The molecule has 6 rings (SSSR count). The van der Waals surface area contributed by atoms with Gasteiger partial charge in [0, 0.05) is 20.3 Å². The van der Waals surface area contributed by atoms with Crippen LogP contribution >= 0.6 is 0 Å². The van der Waals surface area contributed by atoms with E-state index in [4.69, 9.17) is 56.8 Å². The van der Waals surface area contributed by atoms with Crippen LogP contribution in [0.1, 0.15) is 259 Å². The fourth-order valence-corrected chi connectivity index (χ4v) is 16.4. The van der Waals surface area contributed by atoms with Crippen molar-refractivity contribution >= 4 is 17.7 Å². The lowest BCUT2D eigenvalue weighted by atomic mass is 9.94. The number of aliphatic hydroxyl groups is 18. The van der Waals surface area contributed by atoms with E-state index in [1.165, 1.54) is 161 Å². The smallest absolute Gasteiger partial charge is 0.220 e. The molecule has 6 aliphatic heterocycles. The number of carbonyl (C=O) groups is 3. The minimum absolute atomic E-state index is 0.145. The van der Waals surface area contributed by atoms with Gasteiger partial charge in [-0.1, -0.05) is 231 Å². The molecular weight excluding hydrogens is 1580 g/mol. The molecule has 21 N–H and O–H groups in total. The summed E-state index contributed by atoms with van der Waals surface area (Å²) < 4.78 is 71.4. The van der Waals surface area contributed by atoms with Crippen molar-refractivity contribution in [2.45, 2.75) is 455 Å². The molecule has 6 fully saturated rings. The molecular formula is C84H153N3O33. The quantitative estimate of drug-likeness (QED) is 0.0294. The Morgan fingerprint density at radius 3 is 1.11 bits per heavy atom. The molecule has 0 aromatic rings. The van der Waals surface area contributed by atoms with Gasteiger partial charge in [-0.3, -0.25) is 14.4 Å². The van der Waals surface area contributed by atoms with Crippen molar-refractivity contribution in [2.75, 3.05) is 46.2 Å². The van der Waals surface area contributed by atoms with Gasteiger partial charge in [0.05, 0.1) is 58.4 Å². The van der Waals surface area contributed by atoms with E-state index in [0.29, 0.717) is 12.8 Å². The number of hydrogen-bond donors (Lipinski definition) is 21. The second kappa shape index (κ2) is 58.4. The first-order valence-corrected chi connectivity index (χ1v) is 45.0. The van der Waals surface area contributed by atoms with Gasteiger partial charge in [0.1, 0.15) is 146 Å². The topological polar surface area (TPSA) is 562 Å². The molecule has 0 aliphatic carbocycles. The fraction of sp³-hybridized carbons (Fsp3) is 0.940. The van der Waals surface area contributed by atoms with Gasteiger partial charge < -0.3 is 165 Å². The van der Waals surface area contributed by atoms with E-state index < -0.39 is 254 Å². The molecule has 0 spiro atoms. The van der Waals surface area contributed by atoms with E-state index in [0.717, 1.165) is 65.2 Å². The minimum atomic E-state index is -2.34. The molecule has 0 saturated carbocycles. The van der Waals surface area contributed by atoms with Crippen LogP contribution in [0.3, 0.4) is 0 Å². The van der Waals surface area contributed by atoms with Crippen molar-refractivity contribution in [3.05, 3.63) is 12.2 Å². The molecule has 6 aliphatic rings. The zero-order valence-corrected chi connectivity index (χ0v) is 71.2. The SMILES string of the molecule is CCCCCCCCCCCCC/C=C/[C@@H](O)[C@H](CO[C@@H]1OC(CO)[C@@H](O[C@@H]2OC(CO[C@@H]3OC(CO)[C@@H](O[C@@H]4OC(CO)[C@H](O)[C@H](O)C4O)[C@H](O)C3NC(C)=O)[C@H](O)[C@H](O[C@H]3OC(CO)[C@H](O)[C@H](O[C@@H]4OC(CO)[C@H](O)[C@H](O)C4NC(C)=O)C3O)C2O)[C@H](O)C1O)NC(=O)CCCCCCCCCCCCCCCCCCCCCCCCC. The van der Waals surface area contributed by atoms with Gasteiger partial charge in [0.25, 0.3) is 0 Å². The summed E-state index contributed by atoms with van der Waals surface area (Å²) in [5.41, 5.74) is 0. The van der Waals surface area contributed by atoms with Crippen molar-refractivity contribution in [3.8, 4) is 0 Å². The Bertz CT molecular complexity index is 2740. The minimum Gasteiger partial charge on any atom is -0.394 e. The summed E-state index contributed by atoms with van der Waals surface area (Å²) in [4.78, 5) is 38.9. The average molecular weight is 1730 g/mol. The van der Waals surface area contributed by atoms with Crippen LogP contribution in [-0.4, -0.2) is 352 Å². The number of aliphatic hydroxyl groups excluding tert-OH is 18. The monoisotopic (exact) mass is 1730 g/mol.